The van der Waals surface area contributed by atoms with Gasteiger partial charge < -0.3 is 14.2 Å². The minimum Gasteiger partial charge on any atom is -0.493 e. The van der Waals surface area contributed by atoms with Crippen LogP contribution in [0.25, 0.3) is 0 Å². The van der Waals surface area contributed by atoms with Gasteiger partial charge in [-0.25, -0.2) is 0 Å². The Hall–Kier alpha value is -2.31. The molecule has 0 saturated carbocycles. The van der Waals surface area contributed by atoms with Gasteiger partial charge in [-0.2, -0.15) is 0 Å². The van der Waals surface area contributed by atoms with Crippen molar-refractivity contribution in [3.05, 3.63) is 47.8 Å². The van der Waals surface area contributed by atoms with Gasteiger partial charge in [0.1, 0.15) is 0 Å². The van der Waals surface area contributed by atoms with Crippen molar-refractivity contribution in [1.29, 1.82) is 0 Å². The Labute approximate surface area is 155 Å². The fraction of sp³-hybridized carbons (Fsp3) is 0.450. The molecule has 6 nitrogen and oxygen atoms in total. The molecular formula is C20H27N3O3. The second-order valence-electron chi connectivity index (χ2n) is 6.41. The number of pyridine rings is 1. The van der Waals surface area contributed by atoms with Crippen LogP contribution in [0.15, 0.2) is 36.7 Å². The molecule has 0 aliphatic carbocycles. The maximum Gasteiger partial charge on any atom is 0.203 e. The van der Waals surface area contributed by atoms with Crippen LogP contribution in [0, 0.1) is 0 Å². The van der Waals surface area contributed by atoms with E-state index >= 15 is 0 Å². The summed E-state index contributed by atoms with van der Waals surface area (Å²) in [5, 5.41) is 0. The molecule has 1 fully saturated rings. The van der Waals surface area contributed by atoms with Crippen molar-refractivity contribution in [1.82, 2.24) is 14.8 Å². The summed E-state index contributed by atoms with van der Waals surface area (Å²) in [5.41, 5.74) is 2.38. The van der Waals surface area contributed by atoms with E-state index in [9.17, 15) is 0 Å². The second kappa shape index (κ2) is 8.87. The van der Waals surface area contributed by atoms with Gasteiger partial charge >= 0.3 is 0 Å². The van der Waals surface area contributed by atoms with Crippen LogP contribution in [-0.2, 0) is 13.1 Å². The van der Waals surface area contributed by atoms with Gasteiger partial charge in [-0.1, -0.05) is 12.1 Å². The SMILES string of the molecule is COc1ccc(CN2CCN(Cc3cccnc3)CC2)c(OC)c1OC. The monoisotopic (exact) mass is 357 g/mol. The molecule has 0 radical (unpaired) electrons. The fourth-order valence-electron chi connectivity index (χ4n) is 3.38. The predicted molar refractivity (Wildman–Crippen MR) is 101 cm³/mol. The van der Waals surface area contributed by atoms with E-state index in [4.69, 9.17) is 14.2 Å². The molecule has 2 heterocycles. The van der Waals surface area contributed by atoms with E-state index in [1.54, 1.807) is 21.3 Å². The van der Waals surface area contributed by atoms with Crippen LogP contribution in [0.5, 0.6) is 17.2 Å². The highest BCUT2D eigenvalue weighted by Gasteiger charge is 2.21. The Morgan fingerprint density at radius 1 is 0.846 bits per heavy atom. The molecule has 0 unspecified atom stereocenters. The Morgan fingerprint density at radius 2 is 1.54 bits per heavy atom. The van der Waals surface area contributed by atoms with Crippen LogP contribution in [0.1, 0.15) is 11.1 Å². The molecule has 1 aliphatic rings. The lowest BCUT2D eigenvalue weighted by atomic mass is 10.1. The van der Waals surface area contributed by atoms with Gasteiger partial charge in [-0.3, -0.25) is 14.8 Å². The van der Waals surface area contributed by atoms with Crippen LogP contribution >= 0.6 is 0 Å². The smallest absolute Gasteiger partial charge is 0.203 e. The molecule has 3 rings (SSSR count). The van der Waals surface area contributed by atoms with E-state index in [1.165, 1.54) is 5.56 Å². The van der Waals surface area contributed by atoms with Crippen LogP contribution in [0.2, 0.25) is 0 Å². The number of piperazine rings is 1. The molecule has 0 bridgehead atoms. The fourth-order valence-corrected chi connectivity index (χ4v) is 3.38. The summed E-state index contributed by atoms with van der Waals surface area (Å²) in [6.07, 6.45) is 3.76. The van der Waals surface area contributed by atoms with Crippen LogP contribution in [-0.4, -0.2) is 62.3 Å². The first-order chi connectivity index (χ1) is 12.7. The maximum atomic E-state index is 5.60. The first kappa shape index (κ1) is 18.5. The molecule has 0 atom stereocenters. The predicted octanol–water partition coefficient (Wildman–Crippen LogP) is 2.43. The normalized spacial score (nSPS) is 15.7. The van der Waals surface area contributed by atoms with E-state index in [2.05, 4.69) is 26.9 Å². The number of rotatable bonds is 7. The molecule has 1 saturated heterocycles. The number of methoxy groups -OCH3 is 3. The molecule has 2 aromatic rings. The van der Waals surface area contributed by atoms with E-state index in [0.717, 1.165) is 50.6 Å². The first-order valence-corrected chi connectivity index (χ1v) is 8.86. The molecule has 1 aliphatic heterocycles. The number of benzene rings is 1. The van der Waals surface area contributed by atoms with Crippen molar-refractivity contribution < 1.29 is 14.2 Å². The van der Waals surface area contributed by atoms with Gasteiger partial charge in [0.15, 0.2) is 11.5 Å². The molecule has 0 spiro atoms. The van der Waals surface area contributed by atoms with Gasteiger partial charge in [0.25, 0.3) is 0 Å². The minimum absolute atomic E-state index is 0.655. The average molecular weight is 357 g/mol. The number of aromatic nitrogens is 1. The van der Waals surface area contributed by atoms with Crippen molar-refractivity contribution in [2.24, 2.45) is 0 Å². The zero-order chi connectivity index (χ0) is 18.4. The number of hydrogen-bond donors (Lipinski definition) is 0. The third-order valence-electron chi connectivity index (χ3n) is 4.77. The van der Waals surface area contributed by atoms with Gasteiger partial charge in [0.05, 0.1) is 21.3 Å². The van der Waals surface area contributed by atoms with Gasteiger partial charge in [-0.05, 0) is 17.7 Å². The third-order valence-corrected chi connectivity index (χ3v) is 4.77. The molecule has 26 heavy (non-hydrogen) atoms. The topological polar surface area (TPSA) is 47.1 Å². The molecule has 6 heteroatoms. The summed E-state index contributed by atoms with van der Waals surface area (Å²) in [6, 6.07) is 8.13. The number of hydrogen-bond acceptors (Lipinski definition) is 6. The summed E-state index contributed by atoms with van der Waals surface area (Å²) >= 11 is 0. The number of ether oxygens (including phenoxy) is 3. The zero-order valence-corrected chi connectivity index (χ0v) is 15.8. The number of nitrogens with zero attached hydrogens (tertiary/aromatic N) is 3. The summed E-state index contributed by atoms with van der Waals surface area (Å²) in [6.45, 7) is 5.94. The quantitative estimate of drug-likeness (QED) is 0.758. The van der Waals surface area contributed by atoms with Crippen molar-refractivity contribution in [3.63, 3.8) is 0 Å². The standard InChI is InChI=1S/C20H27N3O3/c1-24-18-7-6-17(19(25-2)20(18)26-3)15-23-11-9-22(10-12-23)14-16-5-4-8-21-13-16/h4-8,13H,9-12,14-15H2,1-3H3. The maximum absolute atomic E-state index is 5.60. The largest absolute Gasteiger partial charge is 0.493 e. The molecule has 0 N–H and O–H groups in total. The van der Waals surface area contributed by atoms with Crippen LogP contribution < -0.4 is 14.2 Å². The average Bonchev–Trinajstić information content (AvgIpc) is 2.69. The molecule has 1 aromatic carbocycles. The first-order valence-electron chi connectivity index (χ1n) is 8.86. The summed E-state index contributed by atoms with van der Waals surface area (Å²) < 4.78 is 16.5. The Bertz CT molecular complexity index is 701. The highest BCUT2D eigenvalue weighted by Crippen LogP contribution is 2.40. The van der Waals surface area contributed by atoms with Crippen molar-refractivity contribution >= 4 is 0 Å². The highest BCUT2D eigenvalue weighted by atomic mass is 16.5. The van der Waals surface area contributed by atoms with Crippen molar-refractivity contribution in [2.75, 3.05) is 47.5 Å². The lowest BCUT2D eigenvalue weighted by Crippen LogP contribution is -2.45. The van der Waals surface area contributed by atoms with E-state index < -0.39 is 0 Å². The Balaban J connectivity index is 1.61. The van der Waals surface area contributed by atoms with E-state index in [-0.39, 0.29) is 0 Å². The van der Waals surface area contributed by atoms with Crippen LogP contribution in [0.4, 0.5) is 0 Å². The van der Waals surface area contributed by atoms with Crippen molar-refractivity contribution in [3.8, 4) is 17.2 Å². The minimum atomic E-state index is 0.655. The zero-order valence-electron chi connectivity index (χ0n) is 15.8. The lowest BCUT2D eigenvalue weighted by molar-refractivity contribution is 0.121. The second-order valence-corrected chi connectivity index (χ2v) is 6.41. The van der Waals surface area contributed by atoms with Gasteiger partial charge in [-0.15, -0.1) is 0 Å². The molecule has 1 aromatic heterocycles. The summed E-state index contributed by atoms with van der Waals surface area (Å²) in [7, 11) is 4.95. The molecule has 0 amide bonds. The molecule has 140 valence electrons. The third kappa shape index (κ3) is 4.26. The Kier molecular flexibility index (Phi) is 6.30. The molecular weight excluding hydrogens is 330 g/mol. The highest BCUT2D eigenvalue weighted by molar-refractivity contribution is 5.55. The van der Waals surface area contributed by atoms with Gasteiger partial charge in [0, 0.05) is 57.2 Å². The summed E-state index contributed by atoms with van der Waals surface area (Å²) in [5.74, 6) is 2.10. The summed E-state index contributed by atoms with van der Waals surface area (Å²) in [4.78, 5) is 9.12. The van der Waals surface area contributed by atoms with E-state index in [0.29, 0.717) is 11.5 Å². The Morgan fingerprint density at radius 3 is 2.12 bits per heavy atom. The van der Waals surface area contributed by atoms with Crippen LogP contribution in [0.3, 0.4) is 0 Å². The van der Waals surface area contributed by atoms with Gasteiger partial charge in [0.2, 0.25) is 5.75 Å². The van der Waals surface area contributed by atoms with E-state index in [1.807, 2.05) is 24.5 Å². The lowest BCUT2D eigenvalue weighted by Gasteiger charge is -2.35. The van der Waals surface area contributed by atoms with Crippen molar-refractivity contribution in [2.45, 2.75) is 13.1 Å².